The Labute approximate surface area is 227 Å². The van der Waals surface area contributed by atoms with Gasteiger partial charge in [-0.3, -0.25) is 4.98 Å². The molecule has 0 spiro atoms. The molecular weight excluding hydrogens is 554 g/mol. The van der Waals surface area contributed by atoms with Crippen LogP contribution in [-0.4, -0.2) is 36.2 Å². The molecule has 1 aliphatic carbocycles. The van der Waals surface area contributed by atoms with Gasteiger partial charge in [-0.15, -0.1) is 23.1 Å². The van der Waals surface area contributed by atoms with Crippen molar-refractivity contribution in [1.82, 2.24) is 9.71 Å². The van der Waals surface area contributed by atoms with Crippen molar-refractivity contribution in [3.63, 3.8) is 0 Å². The predicted octanol–water partition coefficient (Wildman–Crippen LogP) is 6.63. The molecule has 2 N–H and O–H groups in total. The van der Waals surface area contributed by atoms with Crippen molar-refractivity contribution in [2.45, 2.75) is 47.7 Å². The van der Waals surface area contributed by atoms with Crippen LogP contribution in [0.25, 0.3) is 21.3 Å². The SMILES string of the molecule is CSc1ccccc1C(NS(=O)(=O)C1CC1)c1cc2cccc(-c3cc(C(C)(O)C(F)(F)F)ccn3)c2s1. The van der Waals surface area contributed by atoms with Crippen molar-refractivity contribution in [2.75, 3.05) is 6.26 Å². The predicted molar refractivity (Wildman–Crippen MR) is 146 cm³/mol. The highest BCUT2D eigenvalue weighted by molar-refractivity contribution is 7.98. The Bertz CT molecular complexity index is 1600. The largest absolute Gasteiger partial charge is 0.421 e. The van der Waals surface area contributed by atoms with Crippen LogP contribution in [0, 0.1) is 0 Å². The molecule has 2 unspecified atom stereocenters. The van der Waals surface area contributed by atoms with E-state index in [9.17, 15) is 26.7 Å². The van der Waals surface area contributed by atoms with E-state index in [1.165, 1.54) is 35.4 Å². The Kier molecular flexibility index (Phi) is 7.10. The van der Waals surface area contributed by atoms with E-state index in [4.69, 9.17) is 0 Å². The maximum Gasteiger partial charge on any atom is 0.421 e. The molecule has 0 amide bonds. The van der Waals surface area contributed by atoms with Crippen molar-refractivity contribution in [3.05, 3.63) is 82.9 Å². The van der Waals surface area contributed by atoms with E-state index in [1.807, 2.05) is 42.7 Å². The Morgan fingerprint density at radius 2 is 1.84 bits per heavy atom. The van der Waals surface area contributed by atoms with Gasteiger partial charge in [-0.1, -0.05) is 36.4 Å². The zero-order valence-electron chi connectivity index (χ0n) is 20.5. The molecule has 0 saturated heterocycles. The minimum absolute atomic E-state index is 0.283. The lowest BCUT2D eigenvalue weighted by atomic mass is 9.94. The highest BCUT2D eigenvalue weighted by atomic mass is 32.2. The molecule has 0 aliphatic heterocycles. The fourth-order valence-corrected chi connectivity index (χ4v) is 7.79. The first-order valence-electron chi connectivity index (χ1n) is 11.8. The lowest BCUT2D eigenvalue weighted by Gasteiger charge is -2.26. The summed E-state index contributed by atoms with van der Waals surface area (Å²) in [6.45, 7) is 0.718. The first-order chi connectivity index (χ1) is 17.9. The van der Waals surface area contributed by atoms with Crippen molar-refractivity contribution < 1.29 is 26.7 Å². The number of rotatable bonds is 8. The highest BCUT2D eigenvalue weighted by Crippen LogP contribution is 2.43. The van der Waals surface area contributed by atoms with Gasteiger partial charge in [0.15, 0.2) is 5.60 Å². The molecule has 38 heavy (non-hydrogen) atoms. The number of nitrogens with one attached hydrogen (secondary N) is 1. The molecule has 1 aliphatic rings. The molecule has 2 aromatic heterocycles. The van der Waals surface area contributed by atoms with Gasteiger partial charge >= 0.3 is 6.18 Å². The van der Waals surface area contributed by atoms with Crippen LogP contribution in [0.3, 0.4) is 0 Å². The fraction of sp³-hybridized carbons (Fsp3) is 0.296. The number of pyridine rings is 1. The number of aliphatic hydroxyl groups is 1. The van der Waals surface area contributed by atoms with E-state index < -0.39 is 33.1 Å². The summed E-state index contributed by atoms with van der Waals surface area (Å²) in [6.07, 6.45) is -0.411. The van der Waals surface area contributed by atoms with Gasteiger partial charge in [-0.05, 0) is 66.8 Å². The summed E-state index contributed by atoms with van der Waals surface area (Å²) in [6, 6.07) is 16.7. The number of aromatic nitrogens is 1. The van der Waals surface area contributed by atoms with Gasteiger partial charge < -0.3 is 5.11 Å². The second-order valence-electron chi connectivity index (χ2n) is 9.41. The molecule has 2 aromatic carbocycles. The van der Waals surface area contributed by atoms with E-state index in [1.54, 1.807) is 12.1 Å². The molecule has 0 radical (unpaired) electrons. The number of hydrogen-bond donors (Lipinski definition) is 2. The van der Waals surface area contributed by atoms with Gasteiger partial charge in [0.05, 0.1) is 17.0 Å². The van der Waals surface area contributed by atoms with Gasteiger partial charge in [0.1, 0.15) is 0 Å². The van der Waals surface area contributed by atoms with Gasteiger partial charge in [0, 0.05) is 26.2 Å². The third-order valence-electron chi connectivity index (χ3n) is 6.69. The second-order valence-corrected chi connectivity index (χ2v) is 13.3. The Morgan fingerprint density at radius 3 is 2.53 bits per heavy atom. The number of thioether (sulfide) groups is 1. The normalized spacial score (nSPS) is 16.9. The topological polar surface area (TPSA) is 79.3 Å². The minimum Gasteiger partial charge on any atom is -0.376 e. The molecule has 2 atom stereocenters. The third kappa shape index (κ3) is 5.10. The van der Waals surface area contributed by atoms with Gasteiger partial charge in [-0.25, -0.2) is 13.1 Å². The maximum absolute atomic E-state index is 13.5. The molecule has 200 valence electrons. The van der Waals surface area contributed by atoms with Crippen LogP contribution in [0.1, 0.15) is 41.8 Å². The first-order valence-corrected chi connectivity index (χ1v) is 15.4. The first kappa shape index (κ1) is 27.1. The Hall–Kier alpha value is -2.44. The number of halogens is 3. The van der Waals surface area contributed by atoms with Crippen molar-refractivity contribution >= 4 is 43.2 Å². The van der Waals surface area contributed by atoms with Crippen LogP contribution in [0.2, 0.25) is 0 Å². The molecule has 1 fully saturated rings. The molecule has 5 nitrogen and oxygen atoms in total. The third-order valence-corrected chi connectivity index (χ3v) is 10.7. The van der Waals surface area contributed by atoms with Gasteiger partial charge in [0.25, 0.3) is 0 Å². The Morgan fingerprint density at radius 1 is 1.11 bits per heavy atom. The average molecular weight is 579 g/mol. The zero-order chi connectivity index (χ0) is 27.3. The van der Waals surface area contributed by atoms with E-state index in [2.05, 4.69) is 9.71 Å². The highest BCUT2D eigenvalue weighted by Gasteiger charge is 2.51. The number of thiophene rings is 1. The van der Waals surface area contributed by atoms with Crippen LogP contribution < -0.4 is 4.72 Å². The average Bonchev–Trinajstić information content (AvgIpc) is 3.66. The number of sulfonamides is 1. The number of fused-ring (bicyclic) bond motifs is 1. The van der Waals surface area contributed by atoms with Crippen LogP contribution in [0.15, 0.2) is 71.8 Å². The summed E-state index contributed by atoms with van der Waals surface area (Å²) in [5, 5.41) is 10.6. The quantitative estimate of drug-likeness (QED) is 0.230. The summed E-state index contributed by atoms with van der Waals surface area (Å²) >= 11 is 2.90. The van der Waals surface area contributed by atoms with E-state index in [0.717, 1.165) is 38.4 Å². The van der Waals surface area contributed by atoms with Crippen molar-refractivity contribution in [3.8, 4) is 11.3 Å². The van der Waals surface area contributed by atoms with Gasteiger partial charge in [0.2, 0.25) is 10.0 Å². The van der Waals surface area contributed by atoms with Crippen LogP contribution >= 0.6 is 23.1 Å². The number of nitrogens with zero attached hydrogens (tertiary/aromatic N) is 1. The Balaban J connectivity index is 1.63. The second kappa shape index (κ2) is 9.95. The molecule has 11 heteroatoms. The molecule has 4 aromatic rings. The van der Waals surface area contributed by atoms with E-state index in [0.29, 0.717) is 18.4 Å². The number of benzene rings is 2. The lowest BCUT2D eigenvalue weighted by Crippen LogP contribution is -2.39. The number of alkyl halides is 3. The monoisotopic (exact) mass is 578 g/mol. The summed E-state index contributed by atoms with van der Waals surface area (Å²) < 4.78 is 70.2. The van der Waals surface area contributed by atoms with Crippen molar-refractivity contribution in [2.24, 2.45) is 0 Å². The van der Waals surface area contributed by atoms with Crippen LogP contribution in [0.5, 0.6) is 0 Å². The van der Waals surface area contributed by atoms with Crippen LogP contribution in [0.4, 0.5) is 13.2 Å². The zero-order valence-corrected chi connectivity index (χ0v) is 22.9. The maximum atomic E-state index is 13.5. The lowest BCUT2D eigenvalue weighted by molar-refractivity contribution is -0.258. The minimum atomic E-state index is -4.86. The van der Waals surface area contributed by atoms with Crippen LogP contribution in [-0.2, 0) is 15.6 Å². The van der Waals surface area contributed by atoms with E-state index in [-0.39, 0.29) is 11.3 Å². The molecule has 5 rings (SSSR count). The summed E-state index contributed by atoms with van der Waals surface area (Å²) in [4.78, 5) is 6.00. The molecule has 0 bridgehead atoms. The summed E-state index contributed by atoms with van der Waals surface area (Å²) in [7, 11) is -3.54. The summed E-state index contributed by atoms with van der Waals surface area (Å²) in [5.41, 5.74) is -1.63. The fourth-order valence-electron chi connectivity index (χ4n) is 4.29. The smallest absolute Gasteiger partial charge is 0.376 e. The number of hydrogen-bond acceptors (Lipinski definition) is 6. The van der Waals surface area contributed by atoms with Gasteiger partial charge in [-0.2, -0.15) is 13.2 Å². The van der Waals surface area contributed by atoms with E-state index >= 15 is 0 Å². The molecule has 1 saturated carbocycles. The molecule has 2 heterocycles. The standard InChI is InChI=1S/C27H25F3N2O3S3/c1-26(33,27(28,29)30)17-12-13-31-21(15-17)19-8-5-6-16-14-23(37-25(16)19)24(32-38(34,35)18-10-11-18)20-7-3-4-9-22(20)36-2/h3-9,12-15,18,24,32-33H,10-11H2,1-2H3. The van der Waals surface area contributed by atoms with Crippen molar-refractivity contribution in [1.29, 1.82) is 0 Å². The molecular formula is C27H25F3N2O3S3. The summed E-state index contributed by atoms with van der Waals surface area (Å²) in [5.74, 6) is 0.